The fourth-order valence-corrected chi connectivity index (χ4v) is 1.87. The third kappa shape index (κ3) is 3.72. The molecule has 2 aromatic carbocycles. The molecule has 0 bridgehead atoms. The van der Waals surface area contributed by atoms with Gasteiger partial charge < -0.3 is 0 Å². The highest BCUT2D eigenvalue weighted by Crippen LogP contribution is 2.10. The first-order valence-corrected chi connectivity index (χ1v) is 6.00. The molecule has 0 unspecified atom stereocenters. The molecule has 0 saturated carbocycles. The summed E-state index contributed by atoms with van der Waals surface area (Å²) in [6.07, 6.45) is 0. The van der Waals surface area contributed by atoms with Crippen molar-refractivity contribution in [3.8, 4) is 0 Å². The van der Waals surface area contributed by atoms with Gasteiger partial charge in [-0.25, -0.2) is 0 Å². The van der Waals surface area contributed by atoms with Gasteiger partial charge in [0.1, 0.15) is 0 Å². The molecule has 0 aliphatic heterocycles. The van der Waals surface area contributed by atoms with Crippen molar-refractivity contribution >= 4 is 0 Å². The summed E-state index contributed by atoms with van der Waals surface area (Å²) in [4.78, 5) is 2.32. The van der Waals surface area contributed by atoms with E-state index in [0.717, 1.165) is 13.1 Å². The molecule has 1 nitrogen and oxygen atoms in total. The lowest BCUT2D eigenvalue weighted by Gasteiger charge is -2.20. The largest absolute Gasteiger partial charge is 0.291 e. The van der Waals surface area contributed by atoms with Crippen LogP contribution in [-0.2, 0) is 13.1 Å². The van der Waals surface area contributed by atoms with Crippen LogP contribution in [-0.4, -0.2) is 4.90 Å². The topological polar surface area (TPSA) is 3.24 Å². The van der Waals surface area contributed by atoms with E-state index in [9.17, 15) is 0 Å². The summed E-state index contributed by atoms with van der Waals surface area (Å²) in [7, 11) is 0. The zero-order valence-electron chi connectivity index (χ0n) is 10.2. The minimum Gasteiger partial charge on any atom is -0.291 e. The molecule has 0 saturated heterocycles. The molecular weight excluding hydrogens is 206 g/mol. The highest BCUT2D eigenvalue weighted by atomic mass is 15.1. The Kier molecular flexibility index (Phi) is 4.34. The van der Waals surface area contributed by atoms with Crippen LogP contribution in [0.1, 0.15) is 18.1 Å². The van der Waals surface area contributed by atoms with Gasteiger partial charge in [-0.2, -0.15) is 0 Å². The highest BCUT2D eigenvalue weighted by molar-refractivity contribution is 5.17. The van der Waals surface area contributed by atoms with E-state index in [0.29, 0.717) is 0 Å². The predicted molar refractivity (Wildman–Crippen MR) is 72.1 cm³/mol. The minimum atomic E-state index is 0.965. The highest BCUT2D eigenvalue weighted by Gasteiger charge is 2.04. The molecular formula is C16H18N. The van der Waals surface area contributed by atoms with Crippen LogP contribution in [0.5, 0.6) is 0 Å². The number of hydrogen-bond acceptors (Lipinski definition) is 1. The zero-order chi connectivity index (χ0) is 11.9. The van der Waals surface area contributed by atoms with Crippen molar-refractivity contribution in [2.45, 2.75) is 20.0 Å². The van der Waals surface area contributed by atoms with Gasteiger partial charge in [-0.15, -0.1) is 0 Å². The molecule has 0 heterocycles. The Bertz CT molecular complexity index is 380. The Hall–Kier alpha value is -1.60. The van der Waals surface area contributed by atoms with Crippen LogP contribution in [0.3, 0.4) is 0 Å². The number of nitrogens with zero attached hydrogens (tertiary/aromatic N) is 1. The first-order chi connectivity index (χ1) is 8.38. The fraction of sp³-hybridized carbons (Fsp3) is 0.188. The third-order valence-corrected chi connectivity index (χ3v) is 2.82. The van der Waals surface area contributed by atoms with E-state index in [4.69, 9.17) is 0 Å². The van der Waals surface area contributed by atoms with Gasteiger partial charge in [0.15, 0.2) is 0 Å². The van der Waals surface area contributed by atoms with Crippen molar-refractivity contribution < 1.29 is 0 Å². The van der Waals surface area contributed by atoms with Crippen molar-refractivity contribution in [3.63, 3.8) is 0 Å². The van der Waals surface area contributed by atoms with E-state index in [1.807, 2.05) is 0 Å². The standard InChI is InChI=1S/C16H18N/c1-2-17(13-15-9-5-3-6-10-15)14-16-11-7-4-8-12-16/h2-12H,13-14H2,1H3. The van der Waals surface area contributed by atoms with Gasteiger partial charge >= 0.3 is 0 Å². The molecule has 17 heavy (non-hydrogen) atoms. The molecule has 0 amide bonds. The molecule has 2 rings (SSSR count). The van der Waals surface area contributed by atoms with Crippen molar-refractivity contribution in [2.75, 3.05) is 0 Å². The first kappa shape index (κ1) is 11.9. The molecule has 0 aromatic heterocycles. The Morgan fingerprint density at radius 2 is 1.18 bits per heavy atom. The fourth-order valence-electron chi connectivity index (χ4n) is 1.87. The molecule has 0 aliphatic rings. The Labute approximate surface area is 104 Å². The van der Waals surface area contributed by atoms with E-state index < -0.39 is 0 Å². The second-order valence-electron chi connectivity index (χ2n) is 4.13. The molecule has 0 atom stereocenters. The van der Waals surface area contributed by atoms with Crippen LogP contribution >= 0.6 is 0 Å². The lowest BCUT2D eigenvalue weighted by molar-refractivity contribution is 0.322. The molecule has 0 fully saturated rings. The third-order valence-electron chi connectivity index (χ3n) is 2.82. The molecule has 0 N–H and O–H groups in total. The summed E-state index contributed by atoms with van der Waals surface area (Å²) in [5, 5.41) is 0. The summed E-state index contributed by atoms with van der Waals surface area (Å²) in [6.45, 7) is 6.17. The van der Waals surface area contributed by atoms with Crippen molar-refractivity contribution in [2.24, 2.45) is 0 Å². The van der Waals surface area contributed by atoms with Crippen molar-refractivity contribution in [1.29, 1.82) is 0 Å². The van der Waals surface area contributed by atoms with Crippen LogP contribution in [0, 0.1) is 6.54 Å². The summed E-state index contributed by atoms with van der Waals surface area (Å²) in [6, 6.07) is 21.1. The van der Waals surface area contributed by atoms with Crippen LogP contribution in [0.15, 0.2) is 60.7 Å². The predicted octanol–water partition coefficient (Wildman–Crippen LogP) is 3.87. The quantitative estimate of drug-likeness (QED) is 0.745. The average Bonchev–Trinajstić information content (AvgIpc) is 2.40. The smallest absolute Gasteiger partial charge is 0.0240 e. The maximum atomic E-state index is 2.32. The lowest BCUT2D eigenvalue weighted by Crippen LogP contribution is -2.18. The summed E-state index contributed by atoms with van der Waals surface area (Å²) in [5.41, 5.74) is 2.70. The SMILES string of the molecule is C[CH]N(Cc1ccccc1)Cc1ccccc1. The number of hydrogen-bond donors (Lipinski definition) is 0. The molecule has 0 aliphatic carbocycles. The van der Waals surface area contributed by atoms with E-state index in [2.05, 4.69) is 79.0 Å². The van der Waals surface area contributed by atoms with Gasteiger partial charge in [0.25, 0.3) is 0 Å². The van der Waals surface area contributed by atoms with Gasteiger partial charge in [0.2, 0.25) is 0 Å². The van der Waals surface area contributed by atoms with Crippen LogP contribution < -0.4 is 0 Å². The van der Waals surface area contributed by atoms with Crippen LogP contribution in [0.25, 0.3) is 0 Å². The summed E-state index contributed by atoms with van der Waals surface area (Å²) >= 11 is 0. The van der Waals surface area contributed by atoms with Crippen molar-refractivity contribution in [1.82, 2.24) is 4.90 Å². The first-order valence-electron chi connectivity index (χ1n) is 6.00. The normalized spacial score (nSPS) is 10.7. The average molecular weight is 224 g/mol. The summed E-state index contributed by atoms with van der Waals surface area (Å²) in [5.74, 6) is 0. The van der Waals surface area contributed by atoms with E-state index in [1.54, 1.807) is 0 Å². The molecule has 87 valence electrons. The van der Waals surface area contributed by atoms with Gasteiger partial charge in [-0.3, -0.25) is 4.90 Å². The lowest BCUT2D eigenvalue weighted by atomic mass is 10.2. The Balaban J connectivity index is 1.98. The summed E-state index contributed by atoms with van der Waals surface area (Å²) < 4.78 is 0. The second kappa shape index (κ2) is 6.21. The molecule has 1 heteroatoms. The minimum absolute atomic E-state index is 0.965. The van der Waals surface area contributed by atoms with E-state index in [1.165, 1.54) is 11.1 Å². The molecule has 1 radical (unpaired) electrons. The number of rotatable bonds is 5. The maximum absolute atomic E-state index is 2.32. The molecule has 2 aromatic rings. The zero-order valence-corrected chi connectivity index (χ0v) is 10.2. The van der Waals surface area contributed by atoms with E-state index >= 15 is 0 Å². The maximum Gasteiger partial charge on any atom is 0.0240 e. The Morgan fingerprint density at radius 3 is 1.53 bits per heavy atom. The van der Waals surface area contributed by atoms with Gasteiger partial charge in [-0.1, -0.05) is 60.7 Å². The van der Waals surface area contributed by atoms with Gasteiger partial charge in [0, 0.05) is 19.6 Å². The van der Waals surface area contributed by atoms with Gasteiger partial charge in [-0.05, 0) is 18.1 Å². The Morgan fingerprint density at radius 1 is 0.765 bits per heavy atom. The molecule has 0 spiro atoms. The van der Waals surface area contributed by atoms with Gasteiger partial charge in [0.05, 0.1) is 0 Å². The van der Waals surface area contributed by atoms with Crippen LogP contribution in [0.2, 0.25) is 0 Å². The monoisotopic (exact) mass is 224 g/mol. The second-order valence-corrected chi connectivity index (χ2v) is 4.13. The number of benzene rings is 2. The van der Waals surface area contributed by atoms with Crippen LogP contribution in [0.4, 0.5) is 0 Å². The van der Waals surface area contributed by atoms with Crippen molar-refractivity contribution in [3.05, 3.63) is 78.3 Å². The van der Waals surface area contributed by atoms with E-state index in [-0.39, 0.29) is 0 Å².